The van der Waals surface area contributed by atoms with Crippen LogP contribution in [-0.4, -0.2) is 49.3 Å². The maximum absolute atomic E-state index is 11.4. The Balaban J connectivity index is 3.30. The lowest BCUT2D eigenvalue weighted by Gasteiger charge is -2.11. The Bertz CT molecular complexity index is 168. The lowest BCUT2D eigenvalue weighted by Crippen LogP contribution is -2.35. The van der Waals surface area contributed by atoms with E-state index in [1.165, 1.54) is 0 Å². The Hall–Kier alpha value is -0.260. The molecule has 15 heavy (non-hydrogen) atoms. The smallest absolute Gasteiger partial charge is 0.224 e. The van der Waals surface area contributed by atoms with Crippen LogP contribution in [0.2, 0.25) is 0 Å². The largest absolute Gasteiger partial charge is 0.396 e. The summed E-state index contributed by atoms with van der Waals surface area (Å²) in [5.41, 5.74) is 0. The van der Waals surface area contributed by atoms with Gasteiger partial charge in [0.1, 0.15) is 0 Å². The Morgan fingerprint density at radius 2 is 2.20 bits per heavy atom. The third-order valence-electron chi connectivity index (χ3n) is 1.95. The van der Waals surface area contributed by atoms with E-state index >= 15 is 0 Å². The second kappa shape index (κ2) is 10.3. The highest BCUT2D eigenvalue weighted by Gasteiger charge is 2.09. The van der Waals surface area contributed by atoms with Crippen molar-refractivity contribution >= 4 is 17.7 Å². The first-order valence-corrected chi connectivity index (χ1v) is 6.48. The van der Waals surface area contributed by atoms with E-state index in [2.05, 4.69) is 10.6 Å². The number of thioether (sulfide) groups is 1. The van der Waals surface area contributed by atoms with E-state index in [9.17, 15) is 4.79 Å². The molecule has 90 valence electrons. The lowest BCUT2D eigenvalue weighted by atomic mass is 10.1. The summed E-state index contributed by atoms with van der Waals surface area (Å²) in [7, 11) is 1.84. The monoisotopic (exact) mass is 234 g/mol. The van der Waals surface area contributed by atoms with Crippen molar-refractivity contribution in [2.45, 2.75) is 13.3 Å². The predicted octanol–water partition coefficient (Wildman–Crippen LogP) is 0.0737. The fourth-order valence-corrected chi connectivity index (χ4v) is 1.87. The number of hydrogen-bond acceptors (Lipinski definition) is 4. The molecule has 4 nitrogen and oxygen atoms in total. The van der Waals surface area contributed by atoms with E-state index in [0.29, 0.717) is 13.1 Å². The van der Waals surface area contributed by atoms with Crippen molar-refractivity contribution < 1.29 is 9.90 Å². The number of rotatable bonds is 9. The Kier molecular flexibility index (Phi) is 10.1. The third kappa shape index (κ3) is 8.72. The van der Waals surface area contributed by atoms with Crippen LogP contribution in [-0.2, 0) is 4.79 Å². The minimum Gasteiger partial charge on any atom is -0.396 e. The molecule has 3 N–H and O–H groups in total. The average Bonchev–Trinajstić information content (AvgIpc) is 2.23. The summed E-state index contributed by atoms with van der Waals surface area (Å²) >= 11 is 1.75. The van der Waals surface area contributed by atoms with Crippen molar-refractivity contribution in [2.75, 3.05) is 38.2 Å². The lowest BCUT2D eigenvalue weighted by molar-refractivity contribution is -0.124. The minimum absolute atomic E-state index is 0.0254. The Morgan fingerprint density at radius 1 is 1.47 bits per heavy atom. The molecule has 0 aliphatic heterocycles. The van der Waals surface area contributed by atoms with Crippen LogP contribution in [0.5, 0.6) is 0 Å². The van der Waals surface area contributed by atoms with E-state index in [1.807, 2.05) is 14.0 Å². The summed E-state index contributed by atoms with van der Waals surface area (Å²) in [6.07, 6.45) is 0.828. The summed E-state index contributed by atoms with van der Waals surface area (Å²) in [5.74, 6) is 2.00. The van der Waals surface area contributed by atoms with Gasteiger partial charge in [0.15, 0.2) is 0 Å². The number of aliphatic hydroxyl groups excluding tert-OH is 1. The van der Waals surface area contributed by atoms with Crippen LogP contribution in [0.15, 0.2) is 0 Å². The van der Waals surface area contributed by atoms with Crippen LogP contribution in [0.25, 0.3) is 0 Å². The van der Waals surface area contributed by atoms with Gasteiger partial charge < -0.3 is 15.7 Å². The van der Waals surface area contributed by atoms with Gasteiger partial charge in [-0.1, -0.05) is 6.92 Å². The first kappa shape index (κ1) is 14.7. The molecule has 0 aromatic rings. The summed E-state index contributed by atoms with van der Waals surface area (Å²) in [6, 6.07) is 0. The molecular formula is C10H22N2O2S. The molecule has 0 saturated heterocycles. The number of hydrogen-bond donors (Lipinski definition) is 3. The van der Waals surface area contributed by atoms with Crippen molar-refractivity contribution in [3.63, 3.8) is 0 Å². The number of carbonyl (C=O) groups is 1. The van der Waals surface area contributed by atoms with Crippen LogP contribution in [0.1, 0.15) is 13.3 Å². The van der Waals surface area contributed by atoms with Crippen LogP contribution in [0.4, 0.5) is 0 Å². The topological polar surface area (TPSA) is 61.4 Å². The van der Waals surface area contributed by atoms with E-state index in [1.54, 1.807) is 11.8 Å². The molecule has 0 saturated carbocycles. The summed E-state index contributed by atoms with van der Waals surface area (Å²) in [6.45, 7) is 3.58. The standard InChI is InChI=1S/C10H22N2O2S/c1-9(8-11-2)10(14)12-4-7-15-6-3-5-13/h9,11,13H,3-8H2,1-2H3,(H,12,14). The van der Waals surface area contributed by atoms with Gasteiger partial charge in [0.2, 0.25) is 5.91 Å². The molecule has 1 unspecified atom stereocenters. The predicted molar refractivity (Wildman–Crippen MR) is 65.1 cm³/mol. The minimum atomic E-state index is 0.0254. The zero-order valence-electron chi connectivity index (χ0n) is 9.58. The second-order valence-electron chi connectivity index (χ2n) is 3.44. The molecule has 0 fully saturated rings. The van der Waals surface area contributed by atoms with Gasteiger partial charge in [-0.2, -0.15) is 11.8 Å². The van der Waals surface area contributed by atoms with Gasteiger partial charge in [0, 0.05) is 31.4 Å². The molecule has 0 rings (SSSR count). The molecule has 0 spiro atoms. The fourth-order valence-electron chi connectivity index (χ4n) is 1.09. The van der Waals surface area contributed by atoms with Gasteiger partial charge in [-0.15, -0.1) is 0 Å². The van der Waals surface area contributed by atoms with Gasteiger partial charge in [-0.05, 0) is 19.2 Å². The van der Waals surface area contributed by atoms with E-state index in [4.69, 9.17) is 5.11 Å². The van der Waals surface area contributed by atoms with Gasteiger partial charge in [0.05, 0.1) is 0 Å². The second-order valence-corrected chi connectivity index (χ2v) is 4.66. The van der Waals surface area contributed by atoms with Crippen molar-refractivity contribution in [3.05, 3.63) is 0 Å². The molecule has 1 amide bonds. The molecule has 0 radical (unpaired) electrons. The number of amides is 1. The summed E-state index contributed by atoms with van der Waals surface area (Å²) in [5, 5.41) is 14.4. The van der Waals surface area contributed by atoms with E-state index in [-0.39, 0.29) is 18.4 Å². The highest BCUT2D eigenvalue weighted by atomic mass is 32.2. The van der Waals surface area contributed by atoms with Crippen molar-refractivity contribution in [1.82, 2.24) is 10.6 Å². The summed E-state index contributed by atoms with van der Waals surface area (Å²) in [4.78, 5) is 11.4. The van der Waals surface area contributed by atoms with E-state index in [0.717, 1.165) is 17.9 Å². The van der Waals surface area contributed by atoms with Crippen molar-refractivity contribution in [1.29, 1.82) is 0 Å². The molecule has 0 bridgehead atoms. The Labute approximate surface area is 96.2 Å². The molecular weight excluding hydrogens is 212 g/mol. The van der Waals surface area contributed by atoms with E-state index < -0.39 is 0 Å². The Morgan fingerprint density at radius 3 is 2.80 bits per heavy atom. The SMILES string of the molecule is CNCC(C)C(=O)NCCSCCCO. The average molecular weight is 234 g/mol. The van der Waals surface area contributed by atoms with Crippen LogP contribution in [0, 0.1) is 5.92 Å². The molecule has 0 heterocycles. The van der Waals surface area contributed by atoms with Gasteiger partial charge in [0.25, 0.3) is 0 Å². The van der Waals surface area contributed by atoms with Crippen LogP contribution in [0.3, 0.4) is 0 Å². The fraction of sp³-hybridized carbons (Fsp3) is 0.900. The zero-order chi connectivity index (χ0) is 11.5. The van der Waals surface area contributed by atoms with Crippen molar-refractivity contribution in [2.24, 2.45) is 5.92 Å². The van der Waals surface area contributed by atoms with Crippen molar-refractivity contribution in [3.8, 4) is 0 Å². The first-order chi connectivity index (χ1) is 7.22. The number of carbonyl (C=O) groups excluding carboxylic acids is 1. The summed E-state index contributed by atoms with van der Waals surface area (Å²) < 4.78 is 0. The first-order valence-electron chi connectivity index (χ1n) is 5.33. The normalized spacial score (nSPS) is 12.5. The van der Waals surface area contributed by atoms with Crippen LogP contribution >= 0.6 is 11.8 Å². The zero-order valence-corrected chi connectivity index (χ0v) is 10.4. The molecule has 0 aliphatic carbocycles. The highest BCUT2D eigenvalue weighted by Crippen LogP contribution is 2.00. The quantitative estimate of drug-likeness (QED) is 0.494. The molecule has 1 atom stereocenters. The third-order valence-corrected chi connectivity index (χ3v) is 3.02. The number of aliphatic hydroxyl groups is 1. The maximum Gasteiger partial charge on any atom is 0.224 e. The number of nitrogens with one attached hydrogen (secondary N) is 2. The highest BCUT2D eigenvalue weighted by molar-refractivity contribution is 7.99. The maximum atomic E-state index is 11.4. The molecule has 0 aromatic carbocycles. The van der Waals surface area contributed by atoms with Gasteiger partial charge >= 0.3 is 0 Å². The van der Waals surface area contributed by atoms with Gasteiger partial charge in [-0.3, -0.25) is 4.79 Å². The molecule has 0 aromatic heterocycles. The molecule has 5 heteroatoms. The molecule has 0 aliphatic rings. The van der Waals surface area contributed by atoms with Gasteiger partial charge in [-0.25, -0.2) is 0 Å². The van der Waals surface area contributed by atoms with Crippen LogP contribution < -0.4 is 10.6 Å².